The minimum Gasteiger partial charge on any atom is -0.494 e. The van der Waals surface area contributed by atoms with Crippen molar-refractivity contribution in [1.29, 1.82) is 0 Å². The first-order chi connectivity index (χ1) is 8.24. The van der Waals surface area contributed by atoms with E-state index in [1.54, 1.807) is 14.2 Å². The molecule has 0 bridgehead atoms. The molecule has 2 rings (SSSR count). The third-order valence-electron chi connectivity index (χ3n) is 2.06. The number of urea groups is 1. The van der Waals surface area contributed by atoms with Crippen LogP contribution in [0.3, 0.4) is 0 Å². The first-order valence-corrected chi connectivity index (χ1v) is 5.73. The number of fused-ring (bicyclic) bond motifs is 1. The fourth-order valence-corrected chi connectivity index (χ4v) is 2.26. The van der Waals surface area contributed by atoms with Crippen molar-refractivity contribution in [3.05, 3.63) is 18.2 Å². The Morgan fingerprint density at radius 2 is 2.29 bits per heavy atom. The van der Waals surface area contributed by atoms with Crippen LogP contribution >= 0.6 is 11.3 Å². The van der Waals surface area contributed by atoms with Crippen LogP contribution in [0, 0.1) is 0 Å². The third kappa shape index (κ3) is 2.45. The predicted octanol–water partition coefficient (Wildman–Crippen LogP) is 1.56. The van der Waals surface area contributed by atoms with Crippen molar-refractivity contribution in [2.24, 2.45) is 0 Å². The molecule has 0 saturated heterocycles. The topological polar surface area (TPSA) is 75.3 Å². The first kappa shape index (κ1) is 11.6. The molecule has 6 nitrogen and oxygen atoms in total. The maximum absolute atomic E-state index is 11.3. The molecule has 7 heteroatoms. The van der Waals surface area contributed by atoms with E-state index < -0.39 is 0 Å². The number of ether oxygens (including phenoxy) is 1. The number of rotatable bonds is 3. The summed E-state index contributed by atoms with van der Waals surface area (Å²) in [4.78, 5) is 15.6. The van der Waals surface area contributed by atoms with Crippen molar-refractivity contribution in [1.82, 2.24) is 15.8 Å². The summed E-state index contributed by atoms with van der Waals surface area (Å²) in [7, 11) is 3.20. The Bertz CT molecular complexity index is 540. The van der Waals surface area contributed by atoms with Gasteiger partial charge in [-0.3, -0.25) is 10.7 Å². The van der Waals surface area contributed by atoms with Gasteiger partial charge in [0.2, 0.25) is 0 Å². The number of aromatic nitrogens is 1. The molecule has 3 N–H and O–H groups in total. The lowest BCUT2D eigenvalue weighted by Crippen LogP contribution is -2.37. The average Bonchev–Trinajstić information content (AvgIpc) is 2.70. The van der Waals surface area contributed by atoms with E-state index in [1.807, 2.05) is 18.2 Å². The molecule has 0 spiro atoms. The van der Waals surface area contributed by atoms with Crippen LogP contribution in [-0.4, -0.2) is 25.2 Å². The standard InChI is InChI=1S/C10H12N4O2S/c1-11-14-9(15)13-10-12-8-6(16-2)4-3-5-7(8)17-10/h3-5,11H,1-2H3,(H2,12,13,14,15). The van der Waals surface area contributed by atoms with Crippen molar-refractivity contribution in [2.75, 3.05) is 19.5 Å². The van der Waals surface area contributed by atoms with Gasteiger partial charge < -0.3 is 4.74 Å². The first-order valence-electron chi connectivity index (χ1n) is 4.92. The number of thiazole rings is 1. The summed E-state index contributed by atoms with van der Waals surface area (Å²) in [6.45, 7) is 0. The Kier molecular flexibility index (Phi) is 3.40. The van der Waals surface area contributed by atoms with E-state index in [4.69, 9.17) is 4.74 Å². The van der Waals surface area contributed by atoms with Crippen LogP contribution in [0.2, 0.25) is 0 Å². The zero-order valence-corrected chi connectivity index (χ0v) is 10.2. The quantitative estimate of drug-likeness (QED) is 0.725. The van der Waals surface area contributed by atoms with Crippen molar-refractivity contribution < 1.29 is 9.53 Å². The van der Waals surface area contributed by atoms with E-state index in [-0.39, 0.29) is 6.03 Å². The number of hydrazine groups is 1. The maximum Gasteiger partial charge on any atom is 0.335 e. The lowest BCUT2D eigenvalue weighted by Gasteiger charge is -2.01. The number of benzene rings is 1. The summed E-state index contributed by atoms with van der Waals surface area (Å²) in [6, 6.07) is 5.29. The molecule has 0 unspecified atom stereocenters. The second kappa shape index (κ2) is 4.98. The van der Waals surface area contributed by atoms with Gasteiger partial charge in [0, 0.05) is 7.05 Å². The monoisotopic (exact) mass is 252 g/mol. The number of nitrogens with one attached hydrogen (secondary N) is 3. The van der Waals surface area contributed by atoms with Gasteiger partial charge in [-0.05, 0) is 12.1 Å². The maximum atomic E-state index is 11.3. The Labute approximate surface area is 102 Å². The predicted molar refractivity (Wildman–Crippen MR) is 67.4 cm³/mol. The minimum absolute atomic E-state index is 0.356. The zero-order valence-electron chi connectivity index (χ0n) is 9.40. The number of carbonyl (C=O) groups is 1. The summed E-state index contributed by atoms with van der Waals surface area (Å²) in [5.41, 5.74) is 5.69. The average molecular weight is 252 g/mol. The Morgan fingerprint density at radius 1 is 1.47 bits per heavy atom. The molecule has 2 amide bonds. The largest absolute Gasteiger partial charge is 0.494 e. The highest BCUT2D eigenvalue weighted by atomic mass is 32.1. The molecule has 0 saturated carbocycles. The van der Waals surface area contributed by atoms with Gasteiger partial charge >= 0.3 is 6.03 Å². The lowest BCUT2D eigenvalue weighted by molar-refractivity contribution is 0.249. The molecule has 2 aromatic rings. The van der Waals surface area contributed by atoms with Gasteiger partial charge in [0.1, 0.15) is 11.3 Å². The summed E-state index contributed by atoms with van der Waals surface area (Å²) in [6.07, 6.45) is 0. The van der Waals surface area contributed by atoms with Gasteiger partial charge in [-0.2, -0.15) is 0 Å². The van der Waals surface area contributed by atoms with Gasteiger partial charge in [0.15, 0.2) is 5.13 Å². The lowest BCUT2D eigenvalue weighted by atomic mass is 10.3. The molecule has 0 aliphatic heterocycles. The number of anilines is 1. The highest BCUT2D eigenvalue weighted by Crippen LogP contribution is 2.31. The van der Waals surface area contributed by atoms with E-state index in [0.29, 0.717) is 10.9 Å². The van der Waals surface area contributed by atoms with Crippen molar-refractivity contribution in [3.8, 4) is 5.75 Å². The third-order valence-corrected chi connectivity index (χ3v) is 3.00. The highest BCUT2D eigenvalue weighted by molar-refractivity contribution is 7.22. The van der Waals surface area contributed by atoms with Crippen LogP contribution in [0.15, 0.2) is 18.2 Å². The molecule has 1 heterocycles. The number of hydrogen-bond donors (Lipinski definition) is 3. The number of nitrogens with zero attached hydrogens (tertiary/aromatic N) is 1. The van der Waals surface area contributed by atoms with Crippen LogP contribution in [-0.2, 0) is 0 Å². The number of carbonyl (C=O) groups excluding carboxylic acids is 1. The minimum atomic E-state index is -0.356. The Balaban J connectivity index is 2.28. The molecule has 0 fully saturated rings. The number of amides is 2. The summed E-state index contributed by atoms with van der Waals surface area (Å²) < 4.78 is 6.16. The van der Waals surface area contributed by atoms with Crippen LogP contribution in [0.1, 0.15) is 0 Å². The van der Waals surface area contributed by atoms with Crippen LogP contribution < -0.4 is 20.9 Å². The van der Waals surface area contributed by atoms with Gasteiger partial charge in [0.25, 0.3) is 0 Å². The van der Waals surface area contributed by atoms with E-state index in [2.05, 4.69) is 21.2 Å². The van der Waals surface area contributed by atoms with Gasteiger partial charge in [-0.1, -0.05) is 17.4 Å². The number of para-hydroxylation sites is 1. The second-order valence-corrected chi connectivity index (χ2v) is 4.19. The fourth-order valence-electron chi connectivity index (χ4n) is 1.38. The van der Waals surface area contributed by atoms with Gasteiger partial charge in [-0.25, -0.2) is 15.2 Å². The van der Waals surface area contributed by atoms with E-state index in [9.17, 15) is 4.79 Å². The molecule has 1 aromatic carbocycles. The van der Waals surface area contributed by atoms with Crippen LogP contribution in [0.4, 0.5) is 9.93 Å². The van der Waals surface area contributed by atoms with Crippen LogP contribution in [0.25, 0.3) is 10.2 Å². The molecule has 0 atom stereocenters. The number of hydrogen-bond acceptors (Lipinski definition) is 5. The number of methoxy groups -OCH3 is 1. The molecule has 1 aromatic heterocycles. The van der Waals surface area contributed by atoms with Gasteiger partial charge in [-0.15, -0.1) is 0 Å². The molecule has 90 valence electrons. The van der Waals surface area contributed by atoms with Gasteiger partial charge in [0.05, 0.1) is 11.8 Å². The van der Waals surface area contributed by atoms with Crippen molar-refractivity contribution >= 4 is 32.7 Å². The molecule has 0 aliphatic carbocycles. The fraction of sp³-hybridized carbons (Fsp3) is 0.200. The molecule has 17 heavy (non-hydrogen) atoms. The molecular formula is C10H12N4O2S. The smallest absolute Gasteiger partial charge is 0.335 e. The van der Waals surface area contributed by atoms with E-state index in [0.717, 1.165) is 10.2 Å². The van der Waals surface area contributed by atoms with Crippen molar-refractivity contribution in [3.63, 3.8) is 0 Å². The Hall–Kier alpha value is -1.86. The SMILES string of the molecule is CNNC(=O)Nc1nc2c(OC)cccc2s1. The van der Waals surface area contributed by atoms with Crippen molar-refractivity contribution in [2.45, 2.75) is 0 Å². The second-order valence-electron chi connectivity index (χ2n) is 3.16. The zero-order chi connectivity index (χ0) is 12.3. The molecule has 0 aliphatic rings. The van der Waals surface area contributed by atoms with Crippen LogP contribution in [0.5, 0.6) is 5.75 Å². The molecular weight excluding hydrogens is 240 g/mol. The molecule has 0 radical (unpaired) electrons. The Morgan fingerprint density at radius 3 is 3.00 bits per heavy atom. The summed E-state index contributed by atoms with van der Waals surface area (Å²) >= 11 is 1.39. The normalized spacial score (nSPS) is 10.2. The van der Waals surface area contributed by atoms with E-state index >= 15 is 0 Å². The summed E-state index contributed by atoms with van der Waals surface area (Å²) in [5.74, 6) is 0.695. The van der Waals surface area contributed by atoms with E-state index in [1.165, 1.54) is 11.3 Å². The summed E-state index contributed by atoms with van der Waals surface area (Å²) in [5, 5.41) is 3.15. The highest BCUT2D eigenvalue weighted by Gasteiger charge is 2.10.